The summed E-state index contributed by atoms with van der Waals surface area (Å²) < 4.78 is 0. The molecule has 0 bridgehead atoms. The summed E-state index contributed by atoms with van der Waals surface area (Å²) in [4.78, 5) is 0. The normalized spacial score (nSPS) is 22.5. The van der Waals surface area contributed by atoms with Crippen molar-refractivity contribution in [1.29, 1.82) is 0 Å². The number of nitrogens with one attached hydrogen (secondary N) is 1. The lowest BCUT2D eigenvalue weighted by atomic mass is 9.79. The van der Waals surface area contributed by atoms with Gasteiger partial charge in [-0.25, -0.2) is 0 Å². The third-order valence-corrected chi connectivity index (χ3v) is 5.67. The summed E-state index contributed by atoms with van der Waals surface area (Å²) in [5.74, 6) is 1.69. The SMILES string of the molecule is CCNC(c1ccc(C2CCC2)cc1)C1CCCCCC1. The van der Waals surface area contributed by atoms with Gasteiger partial charge in [-0.05, 0) is 55.2 Å². The van der Waals surface area contributed by atoms with Crippen LogP contribution >= 0.6 is 0 Å². The Labute approximate surface area is 130 Å². The quantitative estimate of drug-likeness (QED) is 0.697. The third-order valence-electron chi connectivity index (χ3n) is 5.67. The smallest absolute Gasteiger partial charge is 0.0348 e. The first-order valence-electron chi connectivity index (χ1n) is 9.21. The Hall–Kier alpha value is -0.820. The lowest BCUT2D eigenvalue weighted by Crippen LogP contribution is -2.28. The molecule has 3 rings (SSSR count). The van der Waals surface area contributed by atoms with Crippen LogP contribution in [0.3, 0.4) is 0 Å². The highest BCUT2D eigenvalue weighted by Gasteiger charge is 2.24. The van der Waals surface area contributed by atoms with E-state index in [9.17, 15) is 0 Å². The van der Waals surface area contributed by atoms with Crippen LogP contribution in [0.15, 0.2) is 24.3 Å². The topological polar surface area (TPSA) is 12.0 Å². The maximum Gasteiger partial charge on any atom is 0.0348 e. The molecular formula is C20H31N. The Morgan fingerprint density at radius 3 is 2.10 bits per heavy atom. The summed E-state index contributed by atoms with van der Waals surface area (Å²) in [6.07, 6.45) is 12.8. The zero-order valence-electron chi connectivity index (χ0n) is 13.6. The predicted octanol–water partition coefficient (Wildman–Crippen LogP) is 5.58. The van der Waals surface area contributed by atoms with E-state index >= 15 is 0 Å². The Bertz CT molecular complexity index is 410. The molecule has 0 spiro atoms. The molecule has 0 radical (unpaired) electrons. The first-order chi connectivity index (χ1) is 10.4. The molecule has 0 amide bonds. The molecule has 2 aliphatic carbocycles. The maximum atomic E-state index is 3.77. The highest BCUT2D eigenvalue weighted by Crippen LogP contribution is 2.38. The molecule has 116 valence electrons. The van der Waals surface area contributed by atoms with E-state index in [0.717, 1.165) is 18.4 Å². The average Bonchev–Trinajstić information content (AvgIpc) is 2.73. The molecule has 2 saturated carbocycles. The maximum absolute atomic E-state index is 3.77. The first kappa shape index (κ1) is 15.1. The Kier molecular flexibility index (Phi) is 5.35. The van der Waals surface area contributed by atoms with Crippen molar-refractivity contribution in [2.75, 3.05) is 6.54 Å². The molecule has 1 aromatic rings. The number of rotatable bonds is 5. The Balaban J connectivity index is 1.72. The molecule has 0 saturated heterocycles. The first-order valence-corrected chi connectivity index (χ1v) is 9.21. The van der Waals surface area contributed by atoms with Crippen LogP contribution in [0.5, 0.6) is 0 Å². The van der Waals surface area contributed by atoms with Gasteiger partial charge in [-0.3, -0.25) is 0 Å². The number of benzene rings is 1. The van der Waals surface area contributed by atoms with Gasteiger partial charge in [0.25, 0.3) is 0 Å². The number of hydrogen-bond acceptors (Lipinski definition) is 1. The second kappa shape index (κ2) is 7.45. The van der Waals surface area contributed by atoms with Gasteiger partial charge in [0.2, 0.25) is 0 Å². The van der Waals surface area contributed by atoms with Crippen LogP contribution in [0.25, 0.3) is 0 Å². The highest BCUT2D eigenvalue weighted by molar-refractivity contribution is 5.29. The fraction of sp³-hybridized carbons (Fsp3) is 0.700. The summed E-state index contributed by atoms with van der Waals surface area (Å²) in [5, 5.41) is 3.77. The van der Waals surface area contributed by atoms with Gasteiger partial charge in [0.05, 0.1) is 0 Å². The Morgan fingerprint density at radius 2 is 1.57 bits per heavy atom. The average molecular weight is 285 g/mol. The largest absolute Gasteiger partial charge is 0.310 e. The van der Waals surface area contributed by atoms with Crippen molar-refractivity contribution in [2.24, 2.45) is 5.92 Å². The van der Waals surface area contributed by atoms with E-state index < -0.39 is 0 Å². The fourth-order valence-electron chi connectivity index (χ4n) is 4.14. The van der Waals surface area contributed by atoms with E-state index in [-0.39, 0.29) is 0 Å². The summed E-state index contributed by atoms with van der Waals surface area (Å²) in [6, 6.07) is 10.2. The molecule has 1 aromatic carbocycles. The second-order valence-corrected chi connectivity index (χ2v) is 7.08. The minimum Gasteiger partial charge on any atom is -0.310 e. The molecule has 2 aliphatic rings. The van der Waals surface area contributed by atoms with Crippen LogP contribution in [-0.2, 0) is 0 Å². The summed E-state index contributed by atoms with van der Waals surface area (Å²) in [5.41, 5.74) is 3.09. The van der Waals surface area contributed by atoms with Crippen molar-refractivity contribution in [3.63, 3.8) is 0 Å². The van der Waals surface area contributed by atoms with Crippen LogP contribution in [0.2, 0.25) is 0 Å². The van der Waals surface area contributed by atoms with Gasteiger partial charge in [-0.1, -0.05) is 63.3 Å². The molecule has 1 unspecified atom stereocenters. The van der Waals surface area contributed by atoms with E-state index in [1.165, 1.54) is 63.4 Å². The third kappa shape index (κ3) is 3.69. The summed E-state index contributed by atoms with van der Waals surface area (Å²) >= 11 is 0. The van der Waals surface area contributed by atoms with Crippen LogP contribution < -0.4 is 5.32 Å². The van der Waals surface area contributed by atoms with Gasteiger partial charge >= 0.3 is 0 Å². The monoisotopic (exact) mass is 285 g/mol. The van der Waals surface area contributed by atoms with Gasteiger partial charge in [0, 0.05) is 6.04 Å². The summed E-state index contributed by atoms with van der Waals surface area (Å²) in [6.45, 7) is 3.32. The van der Waals surface area contributed by atoms with Gasteiger partial charge in [-0.2, -0.15) is 0 Å². The standard InChI is InChI=1S/C20H31N/c1-2-21-20(18-8-5-3-4-6-9-18)19-14-12-17(13-15-19)16-10-7-11-16/h12-16,18,20-21H,2-11H2,1H3. The van der Waals surface area contributed by atoms with E-state index in [2.05, 4.69) is 36.5 Å². The van der Waals surface area contributed by atoms with E-state index in [0.29, 0.717) is 6.04 Å². The molecule has 1 heteroatoms. The minimum atomic E-state index is 0.573. The number of hydrogen-bond donors (Lipinski definition) is 1. The predicted molar refractivity (Wildman–Crippen MR) is 90.6 cm³/mol. The Morgan fingerprint density at radius 1 is 0.905 bits per heavy atom. The van der Waals surface area contributed by atoms with Crippen LogP contribution in [0.4, 0.5) is 0 Å². The van der Waals surface area contributed by atoms with Crippen molar-refractivity contribution in [2.45, 2.75) is 76.7 Å². The van der Waals surface area contributed by atoms with Crippen molar-refractivity contribution in [1.82, 2.24) is 5.32 Å². The molecule has 0 aliphatic heterocycles. The molecular weight excluding hydrogens is 254 g/mol. The zero-order chi connectivity index (χ0) is 14.5. The second-order valence-electron chi connectivity index (χ2n) is 7.08. The highest BCUT2D eigenvalue weighted by atomic mass is 14.9. The van der Waals surface area contributed by atoms with Crippen molar-refractivity contribution in [3.05, 3.63) is 35.4 Å². The minimum absolute atomic E-state index is 0.573. The molecule has 1 N–H and O–H groups in total. The van der Waals surface area contributed by atoms with Crippen LogP contribution in [0.1, 0.15) is 87.8 Å². The van der Waals surface area contributed by atoms with E-state index in [4.69, 9.17) is 0 Å². The lowest BCUT2D eigenvalue weighted by Gasteiger charge is -2.29. The molecule has 1 atom stereocenters. The lowest BCUT2D eigenvalue weighted by molar-refractivity contribution is 0.330. The van der Waals surface area contributed by atoms with E-state index in [1.807, 2.05) is 0 Å². The molecule has 21 heavy (non-hydrogen) atoms. The zero-order valence-corrected chi connectivity index (χ0v) is 13.6. The molecule has 0 heterocycles. The fourth-order valence-corrected chi connectivity index (χ4v) is 4.14. The van der Waals surface area contributed by atoms with Gasteiger partial charge in [0.1, 0.15) is 0 Å². The van der Waals surface area contributed by atoms with Crippen LogP contribution in [0, 0.1) is 5.92 Å². The molecule has 0 aromatic heterocycles. The van der Waals surface area contributed by atoms with E-state index in [1.54, 1.807) is 5.56 Å². The van der Waals surface area contributed by atoms with Gasteiger partial charge < -0.3 is 5.32 Å². The van der Waals surface area contributed by atoms with Crippen LogP contribution in [-0.4, -0.2) is 6.54 Å². The van der Waals surface area contributed by atoms with Crippen molar-refractivity contribution in [3.8, 4) is 0 Å². The molecule has 1 nitrogen and oxygen atoms in total. The van der Waals surface area contributed by atoms with Crippen molar-refractivity contribution >= 4 is 0 Å². The van der Waals surface area contributed by atoms with Gasteiger partial charge in [0.15, 0.2) is 0 Å². The molecule has 2 fully saturated rings. The summed E-state index contributed by atoms with van der Waals surface area (Å²) in [7, 11) is 0. The van der Waals surface area contributed by atoms with Crippen molar-refractivity contribution < 1.29 is 0 Å². The van der Waals surface area contributed by atoms with Gasteiger partial charge in [-0.15, -0.1) is 0 Å².